The summed E-state index contributed by atoms with van der Waals surface area (Å²) in [5, 5.41) is 6.53. The molecule has 1 amide bonds. The monoisotopic (exact) mass is 324 g/mol. The molecule has 2 N–H and O–H groups in total. The van der Waals surface area contributed by atoms with Crippen molar-refractivity contribution in [2.75, 3.05) is 13.1 Å². The fourth-order valence-electron chi connectivity index (χ4n) is 3.32. The number of amides is 1. The van der Waals surface area contributed by atoms with Gasteiger partial charge in [0.25, 0.3) is 0 Å². The van der Waals surface area contributed by atoms with Gasteiger partial charge in [-0.05, 0) is 62.7 Å². The Kier molecular flexibility index (Phi) is 7.91. The van der Waals surface area contributed by atoms with Crippen molar-refractivity contribution in [3.05, 3.63) is 35.4 Å². The molecule has 1 aliphatic rings. The summed E-state index contributed by atoms with van der Waals surface area (Å²) in [6.45, 7) is 8.56. The SMILES string of the molecule is Cc1ccccc1C(C)NC(=O)CC(C)C1CCNCC1.Cl. The molecule has 22 heavy (non-hydrogen) atoms. The van der Waals surface area contributed by atoms with Crippen LogP contribution in [0.15, 0.2) is 24.3 Å². The molecule has 1 fully saturated rings. The van der Waals surface area contributed by atoms with Crippen molar-refractivity contribution < 1.29 is 4.79 Å². The first-order valence-corrected chi connectivity index (χ1v) is 8.13. The lowest BCUT2D eigenvalue weighted by Gasteiger charge is -2.28. The average Bonchev–Trinajstić information content (AvgIpc) is 2.48. The molecular formula is C18H29ClN2O. The molecule has 1 aliphatic heterocycles. The van der Waals surface area contributed by atoms with Gasteiger partial charge in [0.15, 0.2) is 0 Å². The Hall–Kier alpha value is -1.06. The summed E-state index contributed by atoms with van der Waals surface area (Å²) >= 11 is 0. The lowest BCUT2D eigenvalue weighted by molar-refractivity contribution is -0.123. The molecule has 1 heterocycles. The van der Waals surface area contributed by atoms with E-state index >= 15 is 0 Å². The van der Waals surface area contributed by atoms with Crippen LogP contribution in [0.2, 0.25) is 0 Å². The van der Waals surface area contributed by atoms with Gasteiger partial charge in [0.1, 0.15) is 0 Å². The van der Waals surface area contributed by atoms with Gasteiger partial charge in [-0.15, -0.1) is 12.4 Å². The van der Waals surface area contributed by atoms with E-state index in [4.69, 9.17) is 0 Å². The van der Waals surface area contributed by atoms with Crippen molar-refractivity contribution in [1.82, 2.24) is 10.6 Å². The molecule has 2 atom stereocenters. The van der Waals surface area contributed by atoms with E-state index in [1.165, 1.54) is 24.0 Å². The lowest BCUT2D eigenvalue weighted by atomic mass is 9.84. The fraction of sp³-hybridized carbons (Fsp3) is 0.611. The number of benzene rings is 1. The van der Waals surface area contributed by atoms with Gasteiger partial charge in [0.05, 0.1) is 6.04 Å². The molecule has 0 saturated carbocycles. The Labute approximate surface area is 140 Å². The topological polar surface area (TPSA) is 41.1 Å². The zero-order chi connectivity index (χ0) is 15.2. The lowest BCUT2D eigenvalue weighted by Crippen LogP contribution is -2.34. The number of hydrogen-bond acceptors (Lipinski definition) is 2. The van der Waals surface area contributed by atoms with Gasteiger partial charge in [-0.3, -0.25) is 4.79 Å². The Bertz CT molecular complexity index is 472. The van der Waals surface area contributed by atoms with Crippen LogP contribution >= 0.6 is 12.4 Å². The van der Waals surface area contributed by atoms with Crippen molar-refractivity contribution in [2.24, 2.45) is 11.8 Å². The number of piperidine rings is 1. The molecule has 1 aromatic rings. The van der Waals surface area contributed by atoms with E-state index in [-0.39, 0.29) is 24.4 Å². The van der Waals surface area contributed by atoms with E-state index in [0.717, 1.165) is 13.1 Å². The minimum Gasteiger partial charge on any atom is -0.350 e. The van der Waals surface area contributed by atoms with E-state index in [0.29, 0.717) is 18.3 Å². The predicted octanol–water partition coefficient (Wildman–Crippen LogP) is 3.62. The summed E-state index contributed by atoms with van der Waals surface area (Å²) in [4.78, 5) is 12.3. The van der Waals surface area contributed by atoms with Crippen molar-refractivity contribution in [3.8, 4) is 0 Å². The molecular weight excluding hydrogens is 296 g/mol. The van der Waals surface area contributed by atoms with E-state index in [1.807, 2.05) is 12.1 Å². The predicted molar refractivity (Wildman–Crippen MR) is 94.4 cm³/mol. The van der Waals surface area contributed by atoms with E-state index in [2.05, 4.69) is 43.5 Å². The molecule has 0 radical (unpaired) electrons. The maximum absolute atomic E-state index is 12.3. The number of nitrogens with one attached hydrogen (secondary N) is 2. The van der Waals surface area contributed by atoms with Crippen LogP contribution in [-0.2, 0) is 4.79 Å². The third-order valence-corrected chi connectivity index (χ3v) is 4.73. The Balaban J connectivity index is 0.00000242. The molecule has 2 unspecified atom stereocenters. The second-order valence-electron chi connectivity index (χ2n) is 6.41. The number of aryl methyl sites for hydroxylation is 1. The zero-order valence-corrected chi connectivity index (χ0v) is 14.7. The molecule has 4 heteroatoms. The quantitative estimate of drug-likeness (QED) is 0.868. The normalized spacial score (nSPS) is 18.1. The van der Waals surface area contributed by atoms with Gasteiger partial charge < -0.3 is 10.6 Å². The molecule has 3 nitrogen and oxygen atoms in total. The molecule has 1 saturated heterocycles. The maximum atomic E-state index is 12.3. The van der Waals surface area contributed by atoms with Crippen LogP contribution in [0.3, 0.4) is 0 Å². The highest BCUT2D eigenvalue weighted by Gasteiger charge is 2.22. The molecule has 0 spiro atoms. The van der Waals surface area contributed by atoms with Gasteiger partial charge in [0.2, 0.25) is 5.91 Å². The highest BCUT2D eigenvalue weighted by atomic mass is 35.5. The van der Waals surface area contributed by atoms with Gasteiger partial charge in [-0.2, -0.15) is 0 Å². The van der Waals surface area contributed by atoms with Crippen molar-refractivity contribution in [3.63, 3.8) is 0 Å². The number of carbonyl (C=O) groups excluding carboxylic acids is 1. The van der Waals surface area contributed by atoms with Gasteiger partial charge in [0, 0.05) is 6.42 Å². The third kappa shape index (κ3) is 5.29. The molecule has 124 valence electrons. The minimum atomic E-state index is 0. The van der Waals surface area contributed by atoms with E-state index < -0.39 is 0 Å². The van der Waals surface area contributed by atoms with Crippen molar-refractivity contribution >= 4 is 18.3 Å². The molecule has 1 aromatic carbocycles. The maximum Gasteiger partial charge on any atom is 0.220 e. The Morgan fingerprint density at radius 2 is 1.91 bits per heavy atom. The van der Waals surface area contributed by atoms with Crippen LogP contribution in [-0.4, -0.2) is 19.0 Å². The summed E-state index contributed by atoms with van der Waals surface area (Å²) < 4.78 is 0. The van der Waals surface area contributed by atoms with Crippen LogP contribution in [0.25, 0.3) is 0 Å². The van der Waals surface area contributed by atoms with E-state index in [1.54, 1.807) is 0 Å². The standard InChI is InChI=1S/C18H28N2O.ClH/c1-13-6-4-5-7-17(13)15(3)20-18(21)12-14(2)16-8-10-19-11-9-16;/h4-7,14-16,19H,8-12H2,1-3H3,(H,20,21);1H. The Morgan fingerprint density at radius 3 is 2.55 bits per heavy atom. The first-order chi connectivity index (χ1) is 10.1. The second kappa shape index (κ2) is 9.16. The van der Waals surface area contributed by atoms with Crippen LogP contribution in [0.5, 0.6) is 0 Å². The second-order valence-corrected chi connectivity index (χ2v) is 6.41. The first kappa shape index (κ1) is 19.0. The van der Waals surface area contributed by atoms with Crippen LogP contribution in [0.4, 0.5) is 0 Å². The highest BCUT2D eigenvalue weighted by molar-refractivity contribution is 5.85. The highest BCUT2D eigenvalue weighted by Crippen LogP contribution is 2.25. The third-order valence-electron chi connectivity index (χ3n) is 4.73. The van der Waals surface area contributed by atoms with Crippen LogP contribution in [0, 0.1) is 18.8 Å². The number of carbonyl (C=O) groups is 1. The smallest absolute Gasteiger partial charge is 0.220 e. The van der Waals surface area contributed by atoms with Gasteiger partial charge >= 0.3 is 0 Å². The summed E-state index contributed by atoms with van der Waals surface area (Å²) in [7, 11) is 0. The number of halogens is 1. The molecule has 0 bridgehead atoms. The van der Waals surface area contributed by atoms with Crippen molar-refractivity contribution in [1.29, 1.82) is 0 Å². The van der Waals surface area contributed by atoms with Crippen LogP contribution in [0.1, 0.15) is 50.3 Å². The zero-order valence-electron chi connectivity index (χ0n) is 13.9. The first-order valence-electron chi connectivity index (χ1n) is 8.13. The van der Waals surface area contributed by atoms with Crippen LogP contribution < -0.4 is 10.6 Å². The summed E-state index contributed by atoms with van der Waals surface area (Å²) in [5.74, 6) is 1.33. The van der Waals surface area contributed by atoms with E-state index in [9.17, 15) is 4.79 Å². The molecule has 0 aromatic heterocycles. The fourth-order valence-corrected chi connectivity index (χ4v) is 3.32. The van der Waals surface area contributed by atoms with Gasteiger partial charge in [-0.25, -0.2) is 0 Å². The van der Waals surface area contributed by atoms with Crippen molar-refractivity contribution in [2.45, 2.75) is 46.1 Å². The van der Waals surface area contributed by atoms with Gasteiger partial charge in [-0.1, -0.05) is 31.2 Å². The largest absolute Gasteiger partial charge is 0.350 e. The summed E-state index contributed by atoms with van der Waals surface area (Å²) in [6, 6.07) is 8.33. The summed E-state index contributed by atoms with van der Waals surface area (Å²) in [5.41, 5.74) is 2.44. The Morgan fingerprint density at radius 1 is 1.27 bits per heavy atom. The summed E-state index contributed by atoms with van der Waals surface area (Å²) in [6.07, 6.45) is 3.03. The molecule has 2 rings (SSSR count). The number of rotatable bonds is 5. The average molecular weight is 325 g/mol. The number of hydrogen-bond donors (Lipinski definition) is 2. The molecule has 0 aliphatic carbocycles. The minimum absolute atomic E-state index is 0.